The molecule has 0 aliphatic rings. The van der Waals surface area contributed by atoms with E-state index in [0.29, 0.717) is 10.9 Å². The van der Waals surface area contributed by atoms with Crippen molar-refractivity contribution in [1.82, 2.24) is 9.78 Å². The molecule has 1 N–H and O–H groups in total. The van der Waals surface area contributed by atoms with Crippen LogP contribution in [0.25, 0.3) is 0 Å². The van der Waals surface area contributed by atoms with Crippen LogP contribution in [0.2, 0.25) is 0 Å². The van der Waals surface area contributed by atoms with Crippen molar-refractivity contribution in [3.63, 3.8) is 0 Å². The van der Waals surface area contributed by atoms with Gasteiger partial charge in [-0.2, -0.15) is 5.10 Å². The van der Waals surface area contributed by atoms with Crippen molar-refractivity contribution in [2.45, 2.75) is 19.4 Å². The minimum atomic E-state index is -0.655. The molecule has 1 heterocycles. The van der Waals surface area contributed by atoms with E-state index < -0.39 is 6.10 Å². The molecule has 0 spiro atoms. The maximum Gasteiger partial charge on any atom is 0.124 e. The quantitative estimate of drug-likeness (QED) is 0.946. The van der Waals surface area contributed by atoms with Gasteiger partial charge < -0.3 is 5.11 Å². The Morgan fingerprint density at radius 1 is 1.44 bits per heavy atom. The van der Waals surface area contributed by atoms with Crippen molar-refractivity contribution in [2.24, 2.45) is 7.05 Å². The molecule has 0 aliphatic carbocycles. The Morgan fingerprint density at radius 3 is 2.72 bits per heavy atom. The molecule has 0 bridgehead atoms. The summed E-state index contributed by atoms with van der Waals surface area (Å²) in [6.07, 6.45) is -0.238. The van der Waals surface area contributed by atoms with Gasteiger partial charge in [0.15, 0.2) is 0 Å². The van der Waals surface area contributed by atoms with Crippen molar-refractivity contribution in [1.29, 1.82) is 0 Å². The van der Waals surface area contributed by atoms with Crippen LogP contribution in [0.3, 0.4) is 0 Å². The topological polar surface area (TPSA) is 38.0 Å². The van der Waals surface area contributed by atoms with Gasteiger partial charge in [0.1, 0.15) is 5.82 Å². The maximum atomic E-state index is 13.0. The lowest BCUT2D eigenvalue weighted by atomic mass is 10.1. The van der Waals surface area contributed by atoms with Crippen LogP contribution in [0.4, 0.5) is 4.39 Å². The zero-order chi connectivity index (χ0) is 13.3. The summed E-state index contributed by atoms with van der Waals surface area (Å²) in [5.74, 6) is -0.295. The van der Waals surface area contributed by atoms with E-state index in [-0.39, 0.29) is 5.82 Å². The number of hydrogen-bond donors (Lipinski definition) is 1. The number of aliphatic hydroxyl groups is 1. The van der Waals surface area contributed by atoms with E-state index in [1.165, 1.54) is 12.1 Å². The SMILES string of the molecule is Cc1cc(C(O)Cc2ccc(F)cc2Br)n(C)n1. The van der Waals surface area contributed by atoms with Crippen LogP contribution in [0.15, 0.2) is 28.7 Å². The molecule has 1 atom stereocenters. The molecule has 1 unspecified atom stereocenters. The van der Waals surface area contributed by atoms with Crippen LogP contribution < -0.4 is 0 Å². The molecule has 96 valence electrons. The fraction of sp³-hybridized carbons (Fsp3) is 0.308. The van der Waals surface area contributed by atoms with E-state index in [1.807, 2.05) is 13.0 Å². The monoisotopic (exact) mass is 312 g/mol. The molecule has 3 nitrogen and oxygen atoms in total. The lowest BCUT2D eigenvalue weighted by Crippen LogP contribution is -2.08. The van der Waals surface area contributed by atoms with Gasteiger partial charge in [0.05, 0.1) is 17.5 Å². The second kappa shape index (κ2) is 5.20. The Balaban J connectivity index is 2.21. The lowest BCUT2D eigenvalue weighted by molar-refractivity contribution is 0.168. The van der Waals surface area contributed by atoms with Crippen molar-refractivity contribution in [2.75, 3.05) is 0 Å². The highest BCUT2D eigenvalue weighted by atomic mass is 79.9. The first kappa shape index (κ1) is 13.2. The van der Waals surface area contributed by atoms with Gasteiger partial charge in [0.2, 0.25) is 0 Å². The Labute approximate surface area is 113 Å². The van der Waals surface area contributed by atoms with Crippen molar-refractivity contribution < 1.29 is 9.50 Å². The summed E-state index contributed by atoms with van der Waals surface area (Å²) in [7, 11) is 1.80. The van der Waals surface area contributed by atoms with Crippen LogP contribution in [0.1, 0.15) is 23.1 Å². The normalized spacial score (nSPS) is 12.7. The predicted octanol–water partition coefficient (Wildman–Crippen LogP) is 2.91. The highest BCUT2D eigenvalue weighted by molar-refractivity contribution is 9.10. The van der Waals surface area contributed by atoms with Crippen LogP contribution in [0.5, 0.6) is 0 Å². The van der Waals surface area contributed by atoms with Gasteiger partial charge in [-0.15, -0.1) is 0 Å². The van der Waals surface area contributed by atoms with Gasteiger partial charge >= 0.3 is 0 Å². The Morgan fingerprint density at radius 2 is 2.17 bits per heavy atom. The van der Waals surface area contributed by atoms with E-state index in [9.17, 15) is 9.50 Å². The van der Waals surface area contributed by atoms with Crippen molar-refractivity contribution in [3.8, 4) is 0 Å². The molecular formula is C13H14BrFN2O. The smallest absolute Gasteiger partial charge is 0.124 e. The van der Waals surface area contributed by atoms with Gasteiger partial charge in [0.25, 0.3) is 0 Å². The summed E-state index contributed by atoms with van der Waals surface area (Å²) in [5, 5.41) is 14.4. The Kier molecular flexibility index (Phi) is 3.82. The number of nitrogens with zero attached hydrogens (tertiary/aromatic N) is 2. The fourth-order valence-electron chi connectivity index (χ4n) is 1.94. The largest absolute Gasteiger partial charge is 0.386 e. The van der Waals surface area contributed by atoms with E-state index in [4.69, 9.17) is 0 Å². The number of aromatic nitrogens is 2. The fourth-order valence-corrected chi connectivity index (χ4v) is 2.46. The molecule has 0 fully saturated rings. The van der Waals surface area contributed by atoms with Gasteiger partial charge in [0, 0.05) is 17.9 Å². The Hall–Kier alpha value is -1.20. The number of aliphatic hydroxyl groups excluding tert-OH is 1. The predicted molar refractivity (Wildman–Crippen MR) is 70.7 cm³/mol. The zero-order valence-electron chi connectivity index (χ0n) is 10.2. The summed E-state index contributed by atoms with van der Waals surface area (Å²) in [4.78, 5) is 0. The van der Waals surface area contributed by atoms with Crippen LogP contribution in [0, 0.1) is 12.7 Å². The Bertz CT molecular complexity index is 568. The van der Waals surface area contributed by atoms with Crippen LogP contribution >= 0.6 is 15.9 Å². The standard InChI is InChI=1S/C13H14BrFN2O/c1-8-5-12(17(2)16-8)13(18)6-9-3-4-10(15)7-11(9)14/h3-5,7,13,18H,6H2,1-2H3. The first-order chi connectivity index (χ1) is 8.47. The van der Waals surface area contributed by atoms with Gasteiger partial charge in [-0.05, 0) is 30.7 Å². The summed E-state index contributed by atoms with van der Waals surface area (Å²) >= 11 is 3.30. The third kappa shape index (κ3) is 2.79. The van der Waals surface area contributed by atoms with Crippen molar-refractivity contribution >= 4 is 15.9 Å². The number of benzene rings is 1. The average molecular weight is 313 g/mol. The molecule has 2 rings (SSSR count). The van der Waals surface area contributed by atoms with E-state index in [2.05, 4.69) is 21.0 Å². The molecule has 18 heavy (non-hydrogen) atoms. The van der Waals surface area contributed by atoms with E-state index in [1.54, 1.807) is 17.8 Å². The summed E-state index contributed by atoms with van der Waals surface area (Å²) in [5.41, 5.74) is 2.48. The molecule has 0 aliphatic heterocycles. The maximum absolute atomic E-state index is 13.0. The first-order valence-corrected chi connectivity index (χ1v) is 6.39. The molecule has 2 aromatic rings. The molecule has 0 saturated heterocycles. The average Bonchev–Trinajstić information content (AvgIpc) is 2.62. The third-order valence-electron chi connectivity index (χ3n) is 2.81. The number of aryl methyl sites for hydroxylation is 2. The first-order valence-electron chi connectivity index (χ1n) is 5.60. The molecule has 5 heteroatoms. The molecule has 1 aromatic carbocycles. The molecule has 0 saturated carbocycles. The highest BCUT2D eigenvalue weighted by Gasteiger charge is 2.15. The minimum Gasteiger partial charge on any atom is -0.386 e. The van der Waals surface area contributed by atoms with Gasteiger partial charge in [-0.25, -0.2) is 4.39 Å². The van der Waals surface area contributed by atoms with Crippen LogP contribution in [-0.4, -0.2) is 14.9 Å². The molecular weight excluding hydrogens is 299 g/mol. The third-order valence-corrected chi connectivity index (χ3v) is 3.55. The molecule has 0 amide bonds. The van der Waals surface area contributed by atoms with E-state index >= 15 is 0 Å². The minimum absolute atomic E-state index is 0.295. The summed E-state index contributed by atoms with van der Waals surface area (Å²) in [6, 6.07) is 6.31. The number of halogens is 2. The summed E-state index contributed by atoms with van der Waals surface area (Å²) in [6.45, 7) is 1.88. The lowest BCUT2D eigenvalue weighted by Gasteiger charge is -2.12. The van der Waals surface area contributed by atoms with Crippen molar-refractivity contribution in [3.05, 3.63) is 51.5 Å². The number of rotatable bonds is 3. The molecule has 1 aromatic heterocycles. The highest BCUT2D eigenvalue weighted by Crippen LogP contribution is 2.24. The second-order valence-corrected chi connectivity index (χ2v) is 5.14. The number of hydrogen-bond acceptors (Lipinski definition) is 2. The van der Waals surface area contributed by atoms with Gasteiger partial charge in [-0.3, -0.25) is 4.68 Å². The molecule has 0 radical (unpaired) electrons. The zero-order valence-corrected chi connectivity index (χ0v) is 11.8. The van der Waals surface area contributed by atoms with Crippen LogP contribution in [-0.2, 0) is 13.5 Å². The van der Waals surface area contributed by atoms with Gasteiger partial charge in [-0.1, -0.05) is 22.0 Å². The second-order valence-electron chi connectivity index (χ2n) is 4.29. The van der Waals surface area contributed by atoms with E-state index in [0.717, 1.165) is 17.0 Å². The summed E-state index contributed by atoms with van der Waals surface area (Å²) < 4.78 is 15.3.